The monoisotopic (exact) mass is 206 g/mol. The molecule has 0 unspecified atom stereocenters. The third-order valence-electron chi connectivity index (χ3n) is 1.54. The molecule has 0 saturated heterocycles. The maximum Gasteiger partial charge on any atom is 0.145 e. The number of aldehydes is 1. The second-order valence-corrected chi connectivity index (χ2v) is 3.10. The number of hydrogen-bond donors (Lipinski definition) is 4. The largest absolute Gasteiger partial charge is 0.396 e. The Morgan fingerprint density at radius 1 is 1.14 bits per heavy atom. The predicted octanol–water partition coefficient (Wildman–Crippen LogP) is -1.30. The van der Waals surface area contributed by atoms with Crippen molar-refractivity contribution in [2.45, 2.75) is 6.92 Å². The summed E-state index contributed by atoms with van der Waals surface area (Å²) < 4.78 is 0. The Morgan fingerprint density at radius 2 is 1.36 bits per heavy atom. The summed E-state index contributed by atoms with van der Waals surface area (Å²) in [6.07, 6.45) is 0.722. The summed E-state index contributed by atoms with van der Waals surface area (Å²) >= 11 is 0. The van der Waals surface area contributed by atoms with Crippen LogP contribution >= 0.6 is 0 Å². The van der Waals surface area contributed by atoms with Crippen molar-refractivity contribution in [3.05, 3.63) is 12.2 Å². The minimum atomic E-state index is -1.11. The second-order valence-electron chi connectivity index (χ2n) is 3.10. The fourth-order valence-corrected chi connectivity index (χ4v) is 0.300. The van der Waals surface area contributed by atoms with Crippen LogP contribution in [-0.2, 0) is 4.79 Å². The van der Waals surface area contributed by atoms with E-state index in [2.05, 4.69) is 6.58 Å². The standard InChI is InChI=1S/C5H12O4.C4H6O/c6-1-5(2-7,3-8)4-9;1-4(2)3-5/h6-9H,1-4H2;3H,1H2,2H3. The number of carbonyl (C=O) groups is 1. The maximum absolute atomic E-state index is 9.41. The zero-order valence-electron chi connectivity index (χ0n) is 8.31. The first-order valence-corrected chi connectivity index (χ1v) is 4.06. The van der Waals surface area contributed by atoms with Crippen molar-refractivity contribution < 1.29 is 25.2 Å². The molecule has 0 atom stereocenters. The Bertz CT molecular complexity index is 145. The quantitative estimate of drug-likeness (QED) is 0.331. The van der Waals surface area contributed by atoms with Gasteiger partial charge in [0.15, 0.2) is 0 Å². The number of hydrogen-bond acceptors (Lipinski definition) is 5. The molecule has 0 spiro atoms. The van der Waals surface area contributed by atoms with Gasteiger partial charge in [-0.05, 0) is 12.5 Å². The Labute approximate surface area is 83.3 Å². The molecule has 0 aliphatic rings. The molecule has 0 aromatic rings. The number of rotatable bonds is 5. The zero-order valence-corrected chi connectivity index (χ0v) is 8.31. The van der Waals surface area contributed by atoms with Gasteiger partial charge >= 0.3 is 0 Å². The summed E-state index contributed by atoms with van der Waals surface area (Å²) in [6, 6.07) is 0. The van der Waals surface area contributed by atoms with Crippen LogP contribution in [0.1, 0.15) is 6.92 Å². The molecule has 5 nitrogen and oxygen atoms in total. The molecule has 0 amide bonds. The van der Waals surface area contributed by atoms with Gasteiger partial charge in [-0.3, -0.25) is 4.79 Å². The first-order valence-electron chi connectivity index (χ1n) is 4.06. The molecule has 0 aromatic carbocycles. The van der Waals surface area contributed by atoms with Crippen molar-refractivity contribution in [2.24, 2.45) is 5.41 Å². The van der Waals surface area contributed by atoms with Gasteiger partial charge in [-0.25, -0.2) is 0 Å². The van der Waals surface area contributed by atoms with Crippen molar-refractivity contribution in [2.75, 3.05) is 26.4 Å². The Kier molecular flexibility index (Phi) is 9.91. The highest BCUT2D eigenvalue weighted by atomic mass is 16.3. The number of allylic oxidation sites excluding steroid dienone is 1. The first kappa shape index (κ1) is 15.7. The summed E-state index contributed by atoms with van der Waals surface area (Å²) in [5.41, 5.74) is -0.537. The van der Waals surface area contributed by atoms with Gasteiger partial charge in [0, 0.05) is 0 Å². The molecular formula is C9H18O5. The van der Waals surface area contributed by atoms with E-state index in [-0.39, 0.29) is 0 Å². The molecule has 0 aromatic heterocycles. The van der Waals surface area contributed by atoms with E-state index in [1.165, 1.54) is 0 Å². The molecule has 84 valence electrons. The smallest absolute Gasteiger partial charge is 0.145 e. The Hall–Kier alpha value is -0.750. The first-order chi connectivity index (χ1) is 6.51. The molecule has 0 heterocycles. The lowest BCUT2D eigenvalue weighted by Gasteiger charge is -2.23. The lowest BCUT2D eigenvalue weighted by atomic mass is 9.93. The molecule has 0 aliphatic carbocycles. The fraction of sp³-hybridized carbons (Fsp3) is 0.667. The van der Waals surface area contributed by atoms with Gasteiger partial charge in [0.25, 0.3) is 0 Å². The molecule has 0 aliphatic heterocycles. The summed E-state index contributed by atoms with van der Waals surface area (Å²) in [6.45, 7) is 3.34. The van der Waals surface area contributed by atoms with Gasteiger partial charge in [0.2, 0.25) is 0 Å². The van der Waals surface area contributed by atoms with Crippen LogP contribution in [0.15, 0.2) is 12.2 Å². The van der Waals surface area contributed by atoms with Crippen LogP contribution in [-0.4, -0.2) is 53.1 Å². The number of aliphatic hydroxyl groups excluding tert-OH is 4. The molecule has 4 N–H and O–H groups in total. The molecular weight excluding hydrogens is 188 g/mol. The van der Waals surface area contributed by atoms with Gasteiger partial charge in [-0.15, -0.1) is 0 Å². The van der Waals surface area contributed by atoms with Crippen molar-refractivity contribution >= 4 is 6.29 Å². The van der Waals surface area contributed by atoms with Crippen LogP contribution in [0.5, 0.6) is 0 Å². The Morgan fingerprint density at radius 3 is 1.36 bits per heavy atom. The van der Waals surface area contributed by atoms with Crippen molar-refractivity contribution in [3.63, 3.8) is 0 Å². The number of carbonyl (C=O) groups excluding carboxylic acids is 1. The fourth-order valence-electron chi connectivity index (χ4n) is 0.300. The topological polar surface area (TPSA) is 98.0 Å². The highest BCUT2D eigenvalue weighted by molar-refractivity contribution is 5.70. The third kappa shape index (κ3) is 6.73. The van der Waals surface area contributed by atoms with Gasteiger partial charge < -0.3 is 20.4 Å². The van der Waals surface area contributed by atoms with Gasteiger partial charge in [0.05, 0.1) is 31.8 Å². The molecule has 0 saturated carbocycles. The lowest BCUT2D eigenvalue weighted by molar-refractivity contribution is -0.104. The molecule has 14 heavy (non-hydrogen) atoms. The van der Waals surface area contributed by atoms with E-state index in [0.717, 1.165) is 6.29 Å². The van der Waals surface area contributed by atoms with Gasteiger partial charge in [-0.1, -0.05) is 6.58 Å². The minimum Gasteiger partial charge on any atom is -0.396 e. The normalized spacial score (nSPS) is 10.1. The van der Waals surface area contributed by atoms with E-state index in [9.17, 15) is 4.79 Å². The molecule has 0 radical (unpaired) electrons. The minimum absolute atomic E-state index is 0.406. The van der Waals surface area contributed by atoms with E-state index in [0.29, 0.717) is 5.57 Å². The van der Waals surface area contributed by atoms with E-state index in [1.807, 2.05) is 0 Å². The van der Waals surface area contributed by atoms with Crippen LogP contribution < -0.4 is 0 Å². The van der Waals surface area contributed by atoms with Gasteiger partial charge in [-0.2, -0.15) is 0 Å². The zero-order chi connectivity index (χ0) is 11.6. The van der Waals surface area contributed by atoms with E-state index < -0.39 is 31.8 Å². The van der Waals surface area contributed by atoms with Crippen LogP contribution in [0.3, 0.4) is 0 Å². The van der Waals surface area contributed by atoms with Crippen LogP contribution in [0.2, 0.25) is 0 Å². The van der Waals surface area contributed by atoms with Crippen LogP contribution in [0.25, 0.3) is 0 Å². The van der Waals surface area contributed by atoms with Crippen molar-refractivity contribution in [3.8, 4) is 0 Å². The van der Waals surface area contributed by atoms with Crippen LogP contribution in [0, 0.1) is 5.41 Å². The second kappa shape index (κ2) is 8.83. The summed E-state index contributed by atoms with van der Waals surface area (Å²) in [5.74, 6) is 0. The third-order valence-corrected chi connectivity index (χ3v) is 1.54. The predicted molar refractivity (Wildman–Crippen MR) is 51.7 cm³/mol. The summed E-state index contributed by atoms with van der Waals surface area (Å²) in [4.78, 5) is 9.41. The van der Waals surface area contributed by atoms with Crippen LogP contribution in [0.4, 0.5) is 0 Å². The average Bonchev–Trinajstić information content (AvgIpc) is 2.23. The van der Waals surface area contributed by atoms with Crippen molar-refractivity contribution in [1.29, 1.82) is 0 Å². The molecule has 0 rings (SSSR count). The molecule has 5 heteroatoms. The van der Waals surface area contributed by atoms with E-state index >= 15 is 0 Å². The highest BCUT2D eigenvalue weighted by Crippen LogP contribution is 2.11. The molecule has 0 fully saturated rings. The Balaban J connectivity index is 0. The lowest BCUT2D eigenvalue weighted by Crippen LogP contribution is -2.37. The van der Waals surface area contributed by atoms with E-state index in [1.54, 1.807) is 6.92 Å². The average molecular weight is 206 g/mol. The molecule has 0 bridgehead atoms. The number of aliphatic hydroxyl groups is 4. The van der Waals surface area contributed by atoms with Gasteiger partial charge in [0.1, 0.15) is 6.29 Å². The maximum atomic E-state index is 9.41. The van der Waals surface area contributed by atoms with Crippen molar-refractivity contribution in [1.82, 2.24) is 0 Å². The SMILES string of the molecule is C=C(C)C=O.OCC(CO)(CO)CO. The summed E-state index contributed by atoms with van der Waals surface area (Å²) in [5, 5.41) is 34.0. The summed E-state index contributed by atoms with van der Waals surface area (Å²) in [7, 11) is 0. The van der Waals surface area contributed by atoms with E-state index in [4.69, 9.17) is 20.4 Å². The highest BCUT2D eigenvalue weighted by Gasteiger charge is 2.26.